The van der Waals surface area contributed by atoms with E-state index >= 15 is 0 Å². The topological polar surface area (TPSA) is 47.3 Å². The summed E-state index contributed by atoms with van der Waals surface area (Å²) < 4.78 is 10.6. The van der Waals surface area contributed by atoms with E-state index in [0.717, 1.165) is 22.4 Å². The van der Waals surface area contributed by atoms with Crippen LogP contribution in [-0.4, -0.2) is 12.1 Å². The van der Waals surface area contributed by atoms with Gasteiger partial charge in [-0.1, -0.05) is 23.7 Å². The average Bonchev–Trinajstić information content (AvgIpc) is 2.97. The van der Waals surface area contributed by atoms with Gasteiger partial charge in [0, 0.05) is 11.1 Å². The van der Waals surface area contributed by atoms with Gasteiger partial charge in [-0.2, -0.15) is 0 Å². The normalized spacial score (nSPS) is 10.7. The number of hydrogen-bond donors (Lipinski definition) is 1. The second-order valence-electron chi connectivity index (χ2n) is 4.28. The molecule has 102 valence electrons. The summed E-state index contributed by atoms with van der Waals surface area (Å²) in [6.07, 6.45) is 1.65. The fourth-order valence-corrected chi connectivity index (χ4v) is 2.29. The largest absolute Gasteiger partial charge is 0.494 e. The number of anilines is 1. The smallest absolute Gasteiger partial charge is 0.145 e. The first-order valence-corrected chi connectivity index (χ1v) is 6.55. The number of halogens is 1. The standard InChI is InChI=1S/C15H13ClN2O2/c1-19-13-6-2-5-11-12(8-14(16)18-15(11)13)17-9-10-4-3-7-20-10/h2-8H,9H2,1H3,(H,17,18). The molecule has 0 saturated carbocycles. The Morgan fingerprint density at radius 1 is 1.30 bits per heavy atom. The molecule has 4 nitrogen and oxygen atoms in total. The molecule has 0 radical (unpaired) electrons. The minimum absolute atomic E-state index is 0.420. The van der Waals surface area contributed by atoms with Gasteiger partial charge in [-0.3, -0.25) is 0 Å². The van der Waals surface area contributed by atoms with Gasteiger partial charge in [0.05, 0.1) is 19.9 Å². The zero-order valence-corrected chi connectivity index (χ0v) is 11.6. The van der Waals surface area contributed by atoms with Crippen LogP contribution in [0.5, 0.6) is 5.75 Å². The number of nitrogens with one attached hydrogen (secondary N) is 1. The molecular weight excluding hydrogens is 276 g/mol. The Bertz CT molecular complexity index is 726. The lowest BCUT2D eigenvalue weighted by Gasteiger charge is -2.11. The van der Waals surface area contributed by atoms with E-state index in [1.165, 1.54) is 0 Å². The number of ether oxygens (including phenoxy) is 1. The van der Waals surface area contributed by atoms with E-state index in [9.17, 15) is 0 Å². The van der Waals surface area contributed by atoms with Gasteiger partial charge in [-0.25, -0.2) is 4.98 Å². The number of fused-ring (bicyclic) bond motifs is 1. The number of methoxy groups -OCH3 is 1. The first kappa shape index (κ1) is 12.8. The fourth-order valence-electron chi connectivity index (χ4n) is 2.10. The number of benzene rings is 1. The van der Waals surface area contributed by atoms with Crippen LogP contribution in [0.1, 0.15) is 5.76 Å². The first-order valence-electron chi connectivity index (χ1n) is 6.17. The summed E-state index contributed by atoms with van der Waals surface area (Å²) in [5, 5.41) is 4.69. The molecular formula is C15H13ClN2O2. The SMILES string of the molecule is COc1cccc2c(NCc3ccco3)cc(Cl)nc12. The summed E-state index contributed by atoms with van der Waals surface area (Å²) >= 11 is 6.08. The summed E-state index contributed by atoms with van der Waals surface area (Å²) in [4.78, 5) is 4.33. The van der Waals surface area contributed by atoms with Crippen molar-refractivity contribution in [1.82, 2.24) is 4.98 Å². The van der Waals surface area contributed by atoms with Gasteiger partial charge in [-0.15, -0.1) is 0 Å². The van der Waals surface area contributed by atoms with Crippen molar-refractivity contribution in [2.24, 2.45) is 0 Å². The van der Waals surface area contributed by atoms with E-state index < -0.39 is 0 Å². The van der Waals surface area contributed by atoms with E-state index in [1.807, 2.05) is 30.3 Å². The highest BCUT2D eigenvalue weighted by Gasteiger charge is 2.09. The third kappa shape index (κ3) is 2.42. The molecule has 1 N–H and O–H groups in total. The van der Waals surface area contributed by atoms with Gasteiger partial charge in [-0.05, 0) is 24.3 Å². The molecule has 20 heavy (non-hydrogen) atoms. The van der Waals surface area contributed by atoms with Crippen LogP contribution in [0.25, 0.3) is 10.9 Å². The lowest BCUT2D eigenvalue weighted by atomic mass is 10.1. The average molecular weight is 289 g/mol. The molecule has 0 bridgehead atoms. The van der Waals surface area contributed by atoms with Crippen molar-refractivity contribution in [2.45, 2.75) is 6.54 Å². The fraction of sp³-hybridized carbons (Fsp3) is 0.133. The van der Waals surface area contributed by atoms with Crippen LogP contribution in [0.4, 0.5) is 5.69 Å². The lowest BCUT2D eigenvalue weighted by Crippen LogP contribution is -2.00. The second kappa shape index (κ2) is 5.43. The summed E-state index contributed by atoms with van der Waals surface area (Å²) in [6.45, 7) is 0.583. The molecule has 0 aliphatic carbocycles. The molecule has 2 heterocycles. The van der Waals surface area contributed by atoms with Crippen molar-refractivity contribution in [3.8, 4) is 5.75 Å². The molecule has 0 atom stereocenters. The minimum atomic E-state index is 0.420. The van der Waals surface area contributed by atoms with Crippen LogP contribution >= 0.6 is 11.6 Å². The first-order chi connectivity index (χ1) is 9.78. The molecule has 0 unspecified atom stereocenters. The van der Waals surface area contributed by atoms with Crippen LogP contribution in [0, 0.1) is 0 Å². The number of para-hydroxylation sites is 1. The van der Waals surface area contributed by atoms with Crippen molar-refractivity contribution in [1.29, 1.82) is 0 Å². The molecule has 2 aromatic heterocycles. The van der Waals surface area contributed by atoms with Crippen molar-refractivity contribution < 1.29 is 9.15 Å². The summed E-state index contributed by atoms with van der Waals surface area (Å²) in [5.41, 5.74) is 1.64. The number of aromatic nitrogens is 1. The third-order valence-corrected chi connectivity index (χ3v) is 3.22. The van der Waals surface area contributed by atoms with E-state index in [4.69, 9.17) is 20.8 Å². The van der Waals surface area contributed by atoms with E-state index in [-0.39, 0.29) is 0 Å². The Labute approximate surface area is 121 Å². The van der Waals surface area contributed by atoms with Gasteiger partial charge in [0.1, 0.15) is 22.2 Å². The molecule has 0 aliphatic rings. The Hall–Kier alpha value is -2.20. The van der Waals surface area contributed by atoms with E-state index in [1.54, 1.807) is 19.4 Å². The molecule has 0 aliphatic heterocycles. The van der Waals surface area contributed by atoms with Crippen molar-refractivity contribution in [3.05, 3.63) is 53.6 Å². The van der Waals surface area contributed by atoms with Crippen LogP contribution < -0.4 is 10.1 Å². The van der Waals surface area contributed by atoms with E-state index in [0.29, 0.717) is 17.4 Å². The Morgan fingerprint density at radius 2 is 2.20 bits per heavy atom. The van der Waals surface area contributed by atoms with Gasteiger partial charge >= 0.3 is 0 Å². The molecule has 0 fully saturated rings. The maximum absolute atomic E-state index is 6.08. The number of nitrogens with zero attached hydrogens (tertiary/aromatic N) is 1. The Morgan fingerprint density at radius 3 is 2.95 bits per heavy atom. The highest BCUT2D eigenvalue weighted by Crippen LogP contribution is 2.31. The lowest BCUT2D eigenvalue weighted by molar-refractivity contribution is 0.419. The van der Waals surface area contributed by atoms with Crippen LogP contribution in [-0.2, 0) is 6.54 Å². The molecule has 0 spiro atoms. The number of furan rings is 1. The van der Waals surface area contributed by atoms with Crippen molar-refractivity contribution in [2.75, 3.05) is 12.4 Å². The highest BCUT2D eigenvalue weighted by molar-refractivity contribution is 6.30. The number of pyridine rings is 1. The minimum Gasteiger partial charge on any atom is -0.494 e. The quantitative estimate of drug-likeness (QED) is 0.734. The molecule has 3 aromatic rings. The monoisotopic (exact) mass is 288 g/mol. The van der Waals surface area contributed by atoms with Crippen molar-refractivity contribution >= 4 is 28.2 Å². The Kier molecular flexibility index (Phi) is 3.48. The van der Waals surface area contributed by atoms with Crippen LogP contribution in [0.3, 0.4) is 0 Å². The Balaban J connectivity index is 2.01. The maximum atomic E-state index is 6.08. The van der Waals surface area contributed by atoms with Gasteiger partial charge in [0.2, 0.25) is 0 Å². The molecule has 5 heteroatoms. The zero-order chi connectivity index (χ0) is 13.9. The number of hydrogen-bond acceptors (Lipinski definition) is 4. The van der Waals surface area contributed by atoms with Gasteiger partial charge < -0.3 is 14.5 Å². The summed E-state index contributed by atoms with van der Waals surface area (Å²) in [7, 11) is 1.62. The second-order valence-corrected chi connectivity index (χ2v) is 4.67. The summed E-state index contributed by atoms with van der Waals surface area (Å²) in [5.74, 6) is 1.56. The maximum Gasteiger partial charge on any atom is 0.145 e. The predicted molar refractivity (Wildman–Crippen MR) is 79.3 cm³/mol. The molecule has 3 rings (SSSR count). The molecule has 0 saturated heterocycles. The number of rotatable bonds is 4. The van der Waals surface area contributed by atoms with Gasteiger partial charge in [0.25, 0.3) is 0 Å². The van der Waals surface area contributed by atoms with Gasteiger partial charge in [0.15, 0.2) is 0 Å². The van der Waals surface area contributed by atoms with E-state index in [2.05, 4.69) is 10.3 Å². The molecule has 1 aromatic carbocycles. The van der Waals surface area contributed by atoms with Crippen LogP contribution in [0.2, 0.25) is 5.15 Å². The van der Waals surface area contributed by atoms with Crippen LogP contribution in [0.15, 0.2) is 47.1 Å². The summed E-state index contributed by atoms with van der Waals surface area (Å²) in [6, 6.07) is 11.3. The highest BCUT2D eigenvalue weighted by atomic mass is 35.5. The zero-order valence-electron chi connectivity index (χ0n) is 10.9. The third-order valence-electron chi connectivity index (χ3n) is 3.02. The predicted octanol–water partition coefficient (Wildman–Crippen LogP) is 4.10. The van der Waals surface area contributed by atoms with Crippen molar-refractivity contribution in [3.63, 3.8) is 0 Å². The molecule has 0 amide bonds.